The number of benzene rings is 3. The van der Waals surface area contributed by atoms with Gasteiger partial charge in [-0.25, -0.2) is 4.99 Å². The Labute approximate surface area is 145 Å². The van der Waals surface area contributed by atoms with Gasteiger partial charge < -0.3 is 10.8 Å². The maximum absolute atomic E-state index is 11.5. The number of nitrogens with two attached hydrogens (primary N) is 1. The molecule has 3 N–H and O–H groups in total. The van der Waals surface area contributed by atoms with Gasteiger partial charge >= 0.3 is 0 Å². The van der Waals surface area contributed by atoms with Crippen LogP contribution < -0.4 is 5.73 Å². The number of hydrogen-bond acceptors (Lipinski definition) is 3. The molecule has 0 amide bonds. The number of amidine groups is 1. The zero-order chi connectivity index (χ0) is 16.7. The highest BCUT2D eigenvalue weighted by atomic mass is 35.5. The van der Waals surface area contributed by atoms with Crippen molar-refractivity contribution < 1.29 is 5.11 Å². The number of hydrogen-bond donors (Lipinski definition) is 2. The zero-order valence-electron chi connectivity index (χ0n) is 12.8. The van der Waals surface area contributed by atoms with Crippen molar-refractivity contribution in [3.63, 3.8) is 0 Å². The lowest BCUT2D eigenvalue weighted by atomic mass is 9.82. The molecule has 3 aromatic rings. The fraction of sp³-hybridized carbons (Fsp3) is 0.0500. The van der Waals surface area contributed by atoms with Crippen molar-refractivity contribution >= 4 is 23.1 Å². The molecular weight excluding hydrogens is 320 g/mol. The minimum absolute atomic E-state index is 0.156. The lowest BCUT2D eigenvalue weighted by Gasteiger charge is -2.27. The van der Waals surface area contributed by atoms with E-state index in [9.17, 15) is 5.11 Å². The van der Waals surface area contributed by atoms with Gasteiger partial charge in [-0.15, -0.1) is 0 Å². The first kappa shape index (κ1) is 14.9. The van der Waals surface area contributed by atoms with Gasteiger partial charge in [-0.2, -0.15) is 0 Å². The van der Waals surface area contributed by atoms with Crippen LogP contribution >= 0.6 is 11.6 Å². The molecule has 1 aliphatic heterocycles. The minimum Gasteiger partial charge on any atom is -0.384 e. The second-order valence-corrected chi connectivity index (χ2v) is 6.22. The van der Waals surface area contributed by atoms with Gasteiger partial charge in [-0.05, 0) is 29.3 Å². The number of halogens is 1. The van der Waals surface area contributed by atoms with Crippen molar-refractivity contribution in [1.82, 2.24) is 0 Å². The van der Waals surface area contributed by atoms with E-state index < -0.39 is 5.60 Å². The van der Waals surface area contributed by atoms with Gasteiger partial charge in [0.05, 0.1) is 5.69 Å². The van der Waals surface area contributed by atoms with E-state index in [4.69, 9.17) is 17.3 Å². The molecule has 24 heavy (non-hydrogen) atoms. The second kappa shape index (κ2) is 5.48. The fourth-order valence-corrected chi connectivity index (χ4v) is 3.37. The molecular formula is C20H15ClN2O. The third kappa shape index (κ3) is 2.13. The Bertz CT molecular complexity index is 953. The Morgan fingerprint density at radius 1 is 0.875 bits per heavy atom. The summed E-state index contributed by atoms with van der Waals surface area (Å²) < 4.78 is 0. The largest absolute Gasteiger partial charge is 0.384 e. The first-order valence-corrected chi connectivity index (χ1v) is 8.00. The van der Waals surface area contributed by atoms with Crippen LogP contribution in [0.4, 0.5) is 5.69 Å². The van der Waals surface area contributed by atoms with Gasteiger partial charge in [0.2, 0.25) is 0 Å². The predicted molar refractivity (Wildman–Crippen MR) is 97.6 cm³/mol. The summed E-state index contributed by atoms with van der Waals surface area (Å²) in [6.45, 7) is 0. The fourth-order valence-electron chi connectivity index (χ4n) is 3.20. The maximum atomic E-state index is 11.5. The van der Waals surface area contributed by atoms with Gasteiger partial charge in [0, 0.05) is 16.1 Å². The first-order chi connectivity index (χ1) is 11.6. The van der Waals surface area contributed by atoms with Gasteiger partial charge in [-0.3, -0.25) is 0 Å². The minimum atomic E-state index is -1.49. The average Bonchev–Trinajstić information content (AvgIpc) is 2.87. The van der Waals surface area contributed by atoms with Crippen LogP contribution in [0.15, 0.2) is 77.8 Å². The van der Waals surface area contributed by atoms with E-state index in [-0.39, 0.29) is 5.84 Å². The van der Waals surface area contributed by atoms with Crippen LogP contribution in [0.2, 0.25) is 5.02 Å². The Morgan fingerprint density at radius 2 is 1.58 bits per heavy atom. The molecule has 4 rings (SSSR count). The maximum Gasteiger partial charge on any atom is 0.175 e. The Balaban J connectivity index is 1.98. The molecule has 0 aliphatic carbocycles. The van der Waals surface area contributed by atoms with Crippen molar-refractivity contribution in [3.05, 3.63) is 88.9 Å². The molecule has 1 unspecified atom stereocenters. The number of nitrogens with zero attached hydrogens (tertiary/aromatic N) is 1. The standard InChI is InChI=1S/C20H15ClN2O/c21-14-10-11-18-17(12-14)20(24,19(22)23-18)16-9-5-4-8-15(16)13-6-2-1-3-7-13/h1-12,24H,(H2,22,23). The van der Waals surface area contributed by atoms with E-state index in [0.29, 0.717) is 21.8 Å². The molecule has 3 aromatic carbocycles. The van der Waals surface area contributed by atoms with Crippen LogP contribution in [-0.4, -0.2) is 10.9 Å². The van der Waals surface area contributed by atoms with E-state index in [2.05, 4.69) is 4.99 Å². The molecule has 0 spiro atoms. The van der Waals surface area contributed by atoms with Crippen LogP contribution in [0.3, 0.4) is 0 Å². The molecule has 1 heterocycles. The van der Waals surface area contributed by atoms with E-state index in [1.165, 1.54) is 0 Å². The predicted octanol–water partition coefficient (Wildman–Crippen LogP) is 4.25. The Hall–Kier alpha value is -2.62. The number of fused-ring (bicyclic) bond motifs is 1. The average molecular weight is 335 g/mol. The van der Waals surface area contributed by atoms with Crippen LogP contribution in [0.5, 0.6) is 0 Å². The first-order valence-electron chi connectivity index (χ1n) is 7.62. The summed E-state index contributed by atoms with van der Waals surface area (Å²) in [7, 11) is 0. The second-order valence-electron chi connectivity index (χ2n) is 5.78. The lowest BCUT2D eigenvalue weighted by Crippen LogP contribution is -2.40. The Kier molecular flexibility index (Phi) is 3.41. The molecule has 4 heteroatoms. The van der Waals surface area contributed by atoms with E-state index >= 15 is 0 Å². The van der Waals surface area contributed by atoms with E-state index in [0.717, 1.165) is 11.1 Å². The number of aliphatic imine (C=N–C) groups is 1. The summed E-state index contributed by atoms with van der Waals surface area (Å²) in [5.74, 6) is 0.156. The van der Waals surface area contributed by atoms with E-state index in [1.807, 2.05) is 54.6 Å². The van der Waals surface area contributed by atoms with E-state index in [1.54, 1.807) is 18.2 Å². The highest BCUT2D eigenvalue weighted by Gasteiger charge is 2.43. The van der Waals surface area contributed by atoms with Crippen molar-refractivity contribution in [1.29, 1.82) is 0 Å². The molecule has 0 fully saturated rings. The number of rotatable bonds is 2. The van der Waals surface area contributed by atoms with Crippen LogP contribution in [-0.2, 0) is 5.60 Å². The van der Waals surface area contributed by atoms with Gasteiger partial charge in [0.25, 0.3) is 0 Å². The third-order valence-electron chi connectivity index (χ3n) is 4.36. The molecule has 0 saturated heterocycles. The van der Waals surface area contributed by atoms with Gasteiger partial charge in [0.15, 0.2) is 5.60 Å². The SMILES string of the molecule is NC1=Nc2ccc(Cl)cc2C1(O)c1ccccc1-c1ccccc1. The third-order valence-corrected chi connectivity index (χ3v) is 4.60. The molecule has 0 aromatic heterocycles. The normalized spacial score (nSPS) is 19.0. The molecule has 3 nitrogen and oxygen atoms in total. The summed E-state index contributed by atoms with van der Waals surface area (Å²) in [4.78, 5) is 4.34. The summed E-state index contributed by atoms with van der Waals surface area (Å²) in [6.07, 6.45) is 0. The molecule has 0 saturated carbocycles. The Morgan fingerprint density at radius 3 is 2.38 bits per heavy atom. The topological polar surface area (TPSA) is 58.6 Å². The number of aliphatic hydroxyl groups is 1. The van der Waals surface area contributed by atoms with Crippen molar-refractivity contribution in [2.75, 3.05) is 0 Å². The van der Waals surface area contributed by atoms with Crippen LogP contribution in [0, 0.1) is 0 Å². The summed E-state index contributed by atoms with van der Waals surface area (Å²) >= 11 is 6.14. The van der Waals surface area contributed by atoms with Gasteiger partial charge in [0.1, 0.15) is 5.84 Å². The van der Waals surface area contributed by atoms with Gasteiger partial charge in [-0.1, -0.05) is 66.2 Å². The smallest absolute Gasteiger partial charge is 0.175 e. The summed E-state index contributed by atoms with van der Waals surface area (Å²) in [5, 5.41) is 12.1. The lowest BCUT2D eigenvalue weighted by molar-refractivity contribution is 0.159. The molecule has 1 aliphatic rings. The quantitative estimate of drug-likeness (QED) is 0.736. The summed E-state index contributed by atoms with van der Waals surface area (Å²) in [6, 6.07) is 22.8. The van der Waals surface area contributed by atoms with Crippen molar-refractivity contribution in [2.45, 2.75) is 5.60 Å². The highest BCUT2D eigenvalue weighted by Crippen LogP contribution is 2.45. The van der Waals surface area contributed by atoms with Crippen LogP contribution in [0.25, 0.3) is 11.1 Å². The highest BCUT2D eigenvalue weighted by molar-refractivity contribution is 6.30. The summed E-state index contributed by atoms with van der Waals surface area (Å²) in [5.41, 5.74) is 8.51. The van der Waals surface area contributed by atoms with Crippen LogP contribution in [0.1, 0.15) is 11.1 Å². The van der Waals surface area contributed by atoms with Crippen molar-refractivity contribution in [3.8, 4) is 11.1 Å². The molecule has 1 atom stereocenters. The molecule has 118 valence electrons. The monoisotopic (exact) mass is 334 g/mol. The van der Waals surface area contributed by atoms with Crippen molar-refractivity contribution in [2.24, 2.45) is 10.7 Å². The molecule has 0 bridgehead atoms. The zero-order valence-corrected chi connectivity index (χ0v) is 13.5. The molecule has 0 radical (unpaired) electrons.